The molecule has 0 amide bonds. The SMILES string of the molecule is C=C(Br)CNc1cccc(N)c1C. The Balaban J connectivity index is 2.77. The Hall–Kier alpha value is -0.960. The summed E-state index contributed by atoms with van der Waals surface area (Å²) in [6, 6.07) is 5.83. The monoisotopic (exact) mass is 240 g/mol. The summed E-state index contributed by atoms with van der Waals surface area (Å²) in [5, 5.41) is 3.23. The first kappa shape index (κ1) is 10.1. The van der Waals surface area contributed by atoms with Crippen molar-refractivity contribution in [1.82, 2.24) is 0 Å². The van der Waals surface area contributed by atoms with Gasteiger partial charge < -0.3 is 11.1 Å². The van der Waals surface area contributed by atoms with Crippen LogP contribution in [0.1, 0.15) is 5.56 Å². The minimum Gasteiger partial charge on any atom is -0.398 e. The Labute approximate surface area is 87.0 Å². The third kappa shape index (κ3) is 2.77. The van der Waals surface area contributed by atoms with Crippen LogP contribution in [0.5, 0.6) is 0 Å². The van der Waals surface area contributed by atoms with Crippen LogP contribution in [0.4, 0.5) is 11.4 Å². The van der Waals surface area contributed by atoms with Gasteiger partial charge in [-0.1, -0.05) is 28.6 Å². The lowest BCUT2D eigenvalue weighted by atomic mass is 10.1. The van der Waals surface area contributed by atoms with E-state index in [1.54, 1.807) is 0 Å². The van der Waals surface area contributed by atoms with Gasteiger partial charge in [0.1, 0.15) is 0 Å². The molecule has 1 aromatic rings. The highest BCUT2D eigenvalue weighted by molar-refractivity contribution is 9.11. The molecule has 0 atom stereocenters. The van der Waals surface area contributed by atoms with Crippen LogP contribution in [0.15, 0.2) is 29.3 Å². The highest BCUT2D eigenvalue weighted by atomic mass is 79.9. The van der Waals surface area contributed by atoms with Crippen LogP contribution < -0.4 is 11.1 Å². The predicted molar refractivity (Wildman–Crippen MR) is 62.1 cm³/mol. The zero-order chi connectivity index (χ0) is 9.84. The average molecular weight is 241 g/mol. The number of hydrogen-bond acceptors (Lipinski definition) is 2. The van der Waals surface area contributed by atoms with Crippen LogP contribution >= 0.6 is 15.9 Å². The van der Waals surface area contributed by atoms with E-state index in [0.29, 0.717) is 6.54 Å². The second-order valence-electron chi connectivity index (χ2n) is 2.89. The second-order valence-corrected chi connectivity index (χ2v) is 4.01. The maximum absolute atomic E-state index is 5.75. The van der Waals surface area contributed by atoms with Crippen LogP contribution in [-0.4, -0.2) is 6.54 Å². The molecular weight excluding hydrogens is 228 g/mol. The van der Waals surface area contributed by atoms with Crippen molar-refractivity contribution in [3.63, 3.8) is 0 Å². The third-order valence-corrected chi connectivity index (χ3v) is 2.13. The van der Waals surface area contributed by atoms with Crippen molar-refractivity contribution in [1.29, 1.82) is 0 Å². The minimum absolute atomic E-state index is 0.713. The number of halogens is 1. The molecule has 0 radical (unpaired) electrons. The fraction of sp³-hybridized carbons (Fsp3) is 0.200. The molecule has 0 aromatic heterocycles. The lowest BCUT2D eigenvalue weighted by Gasteiger charge is -2.10. The second kappa shape index (κ2) is 4.33. The van der Waals surface area contributed by atoms with Crippen molar-refractivity contribution in [2.45, 2.75) is 6.92 Å². The van der Waals surface area contributed by atoms with Gasteiger partial charge in [-0.25, -0.2) is 0 Å². The van der Waals surface area contributed by atoms with E-state index in [1.807, 2.05) is 25.1 Å². The number of nitrogens with one attached hydrogen (secondary N) is 1. The smallest absolute Gasteiger partial charge is 0.0460 e. The Morgan fingerprint density at radius 1 is 1.62 bits per heavy atom. The highest BCUT2D eigenvalue weighted by Gasteiger charge is 1.99. The molecule has 1 aromatic carbocycles. The van der Waals surface area contributed by atoms with Gasteiger partial charge in [0.05, 0.1) is 0 Å². The van der Waals surface area contributed by atoms with E-state index in [-0.39, 0.29) is 0 Å². The molecule has 0 aliphatic carbocycles. The topological polar surface area (TPSA) is 38.0 Å². The quantitative estimate of drug-likeness (QED) is 0.798. The van der Waals surface area contributed by atoms with Crippen molar-refractivity contribution < 1.29 is 0 Å². The molecule has 0 fully saturated rings. The van der Waals surface area contributed by atoms with E-state index in [4.69, 9.17) is 5.73 Å². The summed E-state index contributed by atoms with van der Waals surface area (Å²) in [7, 11) is 0. The summed E-state index contributed by atoms with van der Waals surface area (Å²) < 4.78 is 0.925. The lowest BCUT2D eigenvalue weighted by Crippen LogP contribution is -2.03. The largest absolute Gasteiger partial charge is 0.398 e. The summed E-state index contributed by atoms with van der Waals surface area (Å²) >= 11 is 3.29. The van der Waals surface area contributed by atoms with E-state index in [9.17, 15) is 0 Å². The lowest BCUT2D eigenvalue weighted by molar-refractivity contribution is 1.30. The molecule has 0 unspecified atom stereocenters. The van der Waals surface area contributed by atoms with E-state index in [2.05, 4.69) is 27.8 Å². The molecule has 0 spiro atoms. The number of rotatable bonds is 3. The number of hydrogen-bond donors (Lipinski definition) is 2. The molecule has 3 heteroatoms. The number of nitrogens with two attached hydrogens (primary N) is 1. The third-order valence-electron chi connectivity index (χ3n) is 1.85. The summed E-state index contributed by atoms with van der Waals surface area (Å²) in [6.45, 7) is 6.45. The Bertz CT molecular complexity index is 321. The Morgan fingerprint density at radius 2 is 2.31 bits per heavy atom. The van der Waals surface area contributed by atoms with Crippen LogP contribution in [0.2, 0.25) is 0 Å². The Kier molecular flexibility index (Phi) is 3.37. The minimum atomic E-state index is 0.713. The number of anilines is 2. The normalized spacial score (nSPS) is 9.69. The van der Waals surface area contributed by atoms with Crippen molar-refractivity contribution in [2.24, 2.45) is 0 Å². The van der Waals surface area contributed by atoms with Gasteiger partial charge in [0.15, 0.2) is 0 Å². The number of benzene rings is 1. The first-order valence-electron chi connectivity index (χ1n) is 4.03. The highest BCUT2D eigenvalue weighted by Crippen LogP contribution is 2.20. The van der Waals surface area contributed by atoms with E-state index >= 15 is 0 Å². The first-order valence-corrected chi connectivity index (χ1v) is 4.83. The van der Waals surface area contributed by atoms with Gasteiger partial charge in [0.2, 0.25) is 0 Å². The molecule has 0 heterocycles. The molecule has 2 nitrogen and oxygen atoms in total. The van der Waals surface area contributed by atoms with Crippen LogP contribution in [-0.2, 0) is 0 Å². The predicted octanol–water partition coefficient (Wildman–Crippen LogP) is 2.90. The zero-order valence-electron chi connectivity index (χ0n) is 7.60. The van der Waals surface area contributed by atoms with E-state index in [1.165, 1.54) is 0 Å². The van der Waals surface area contributed by atoms with Crippen LogP contribution in [0.25, 0.3) is 0 Å². The molecule has 3 N–H and O–H groups in total. The molecule has 0 saturated carbocycles. The standard InChI is InChI=1S/C10H13BrN2/c1-7(11)6-13-10-5-3-4-9(12)8(10)2/h3-5,13H,1,6,12H2,2H3. The number of nitrogen functional groups attached to an aromatic ring is 1. The average Bonchev–Trinajstić information content (AvgIpc) is 2.07. The zero-order valence-corrected chi connectivity index (χ0v) is 9.19. The van der Waals surface area contributed by atoms with Crippen molar-refractivity contribution in [3.05, 3.63) is 34.8 Å². The summed E-state index contributed by atoms with van der Waals surface area (Å²) in [6.07, 6.45) is 0. The fourth-order valence-electron chi connectivity index (χ4n) is 1.04. The van der Waals surface area contributed by atoms with Crippen molar-refractivity contribution in [2.75, 3.05) is 17.6 Å². The maximum atomic E-state index is 5.75. The maximum Gasteiger partial charge on any atom is 0.0460 e. The van der Waals surface area contributed by atoms with Crippen LogP contribution in [0.3, 0.4) is 0 Å². The molecule has 13 heavy (non-hydrogen) atoms. The Morgan fingerprint density at radius 3 is 2.92 bits per heavy atom. The van der Waals surface area contributed by atoms with Crippen molar-refractivity contribution in [3.8, 4) is 0 Å². The molecule has 0 saturated heterocycles. The van der Waals surface area contributed by atoms with Gasteiger partial charge in [-0.15, -0.1) is 0 Å². The molecule has 70 valence electrons. The first-order chi connectivity index (χ1) is 6.11. The van der Waals surface area contributed by atoms with Gasteiger partial charge in [0, 0.05) is 22.4 Å². The summed E-state index contributed by atoms with van der Waals surface area (Å²) in [5.41, 5.74) is 8.70. The molecule has 0 aliphatic heterocycles. The van der Waals surface area contributed by atoms with Gasteiger partial charge in [-0.05, 0) is 24.6 Å². The fourth-order valence-corrected chi connectivity index (χ4v) is 1.18. The van der Waals surface area contributed by atoms with Gasteiger partial charge in [0.25, 0.3) is 0 Å². The van der Waals surface area contributed by atoms with Crippen LogP contribution in [0, 0.1) is 6.92 Å². The van der Waals surface area contributed by atoms with Gasteiger partial charge in [-0.3, -0.25) is 0 Å². The molecular formula is C10H13BrN2. The van der Waals surface area contributed by atoms with E-state index < -0.39 is 0 Å². The van der Waals surface area contributed by atoms with E-state index in [0.717, 1.165) is 21.4 Å². The molecule has 0 bridgehead atoms. The van der Waals surface area contributed by atoms with Crippen molar-refractivity contribution >= 4 is 27.3 Å². The summed E-state index contributed by atoms with van der Waals surface area (Å²) in [4.78, 5) is 0. The van der Waals surface area contributed by atoms with Gasteiger partial charge in [-0.2, -0.15) is 0 Å². The molecule has 1 rings (SSSR count). The molecule has 0 aliphatic rings. The van der Waals surface area contributed by atoms with Gasteiger partial charge >= 0.3 is 0 Å². The summed E-state index contributed by atoms with van der Waals surface area (Å²) in [5.74, 6) is 0.